The highest BCUT2D eigenvalue weighted by atomic mass is 32.2. The third-order valence-electron chi connectivity index (χ3n) is 4.46. The molecule has 0 saturated carbocycles. The number of rotatable bonds is 6. The Morgan fingerprint density at radius 2 is 1.55 bits per heavy atom. The second-order valence-electron chi connectivity index (χ2n) is 6.82. The molecule has 2 N–H and O–H groups in total. The number of hydrogen-bond donors (Lipinski definition) is 2. The first-order valence-corrected chi connectivity index (χ1v) is 10.7. The smallest absolute Gasteiger partial charge is 0.263 e. The Balaban J connectivity index is 1.78. The van der Waals surface area contributed by atoms with Gasteiger partial charge in [0.25, 0.3) is 10.0 Å². The molecule has 4 aromatic rings. The fraction of sp³-hybridized carbons (Fsp3) is 0.0455. The van der Waals surface area contributed by atoms with Crippen LogP contribution in [0.4, 0.5) is 17.3 Å². The molecule has 0 spiro atoms. The zero-order valence-corrected chi connectivity index (χ0v) is 17.2. The molecule has 8 nitrogen and oxygen atoms in total. The Morgan fingerprint density at radius 3 is 2.23 bits per heavy atom. The summed E-state index contributed by atoms with van der Waals surface area (Å²) in [5.74, 6) is -1.21. The van der Waals surface area contributed by atoms with Crippen LogP contribution in [0, 0.1) is 6.92 Å². The van der Waals surface area contributed by atoms with Crippen molar-refractivity contribution in [3.05, 3.63) is 83.9 Å². The minimum Gasteiger partial charge on any atom is -0.545 e. The average molecular weight is 433 g/mol. The van der Waals surface area contributed by atoms with Gasteiger partial charge in [0.1, 0.15) is 0 Å². The van der Waals surface area contributed by atoms with Gasteiger partial charge in [-0.3, -0.25) is 4.72 Å². The summed E-state index contributed by atoms with van der Waals surface area (Å²) in [6.45, 7) is 1.80. The van der Waals surface area contributed by atoms with Gasteiger partial charge in [-0.1, -0.05) is 36.4 Å². The second kappa shape index (κ2) is 8.04. The Bertz CT molecular complexity index is 1400. The van der Waals surface area contributed by atoms with Gasteiger partial charge in [0, 0.05) is 5.69 Å². The van der Waals surface area contributed by atoms with Crippen molar-refractivity contribution in [1.29, 1.82) is 0 Å². The van der Waals surface area contributed by atoms with Gasteiger partial charge in [-0.2, -0.15) is 0 Å². The van der Waals surface area contributed by atoms with Crippen molar-refractivity contribution in [2.75, 3.05) is 10.0 Å². The summed E-state index contributed by atoms with van der Waals surface area (Å²) in [5.41, 5.74) is 2.20. The van der Waals surface area contributed by atoms with Crippen LogP contribution in [0.2, 0.25) is 0 Å². The fourth-order valence-electron chi connectivity index (χ4n) is 2.99. The lowest BCUT2D eigenvalue weighted by Crippen LogP contribution is -2.22. The van der Waals surface area contributed by atoms with Crippen LogP contribution in [0.25, 0.3) is 11.0 Å². The first kappa shape index (κ1) is 20.3. The SMILES string of the molecule is Cc1cccc(S(=O)(=O)Nc2nc3ccccc3nc2Nc2cccc(C(=O)[O-])c2)c1. The van der Waals surface area contributed by atoms with E-state index in [0.717, 1.165) is 5.56 Å². The number of nitrogens with zero attached hydrogens (tertiary/aromatic N) is 2. The molecule has 0 aliphatic heterocycles. The first-order valence-electron chi connectivity index (χ1n) is 9.26. The van der Waals surface area contributed by atoms with Crippen LogP contribution in [0.15, 0.2) is 77.7 Å². The lowest BCUT2D eigenvalue weighted by atomic mass is 10.2. The van der Waals surface area contributed by atoms with Crippen LogP contribution < -0.4 is 15.1 Å². The Hall–Kier alpha value is -3.98. The van der Waals surface area contributed by atoms with Gasteiger partial charge in [0.2, 0.25) is 0 Å². The second-order valence-corrected chi connectivity index (χ2v) is 8.51. The van der Waals surface area contributed by atoms with E-state index in [0.29, 0.717) is 16.7 Å². The summed E-state index contributed by atoms with van der Waals surface area (Å²) in [6.07, 6.45) is 0. The number of aromatic nitrogens is 2. The van der Waals surface area contributed by atoms with Crippen molar-refractivity contribution in [3.63, 3.8) is 0 Å². The summed E-state index contributed by atoms with van der Waals surface area (Å²) in [4.78, 5) is 20.1. The van der Waals surface area contributed by atoms with Crippen molar-refractivity contribution in [2.45, 2.75) is 11.8 Å². The zero-order chi connectivity index (χ0) is 22.0. The standard InChI is InChI=1S/C22H18N4O4S/c1-14-6-4-9-17(12-14)31(29,30)26-21-20(24-18-10-2-3-11-19(18)25-21)23-16-8-5-7-15(13-16)22(27)28/h2-13H,1H3,(H,23,24)(H,25,26)(H,27,28)/p-1. The van der Waals surface area contributed by atoms with E-state index in [-0.39, 0.29) is 22.1 Å². The van der Waals surface area contributed by atoms with E-state index in [1.807, 2.05) is 0 Å². The quantitative estimate of drug-likeness (QED) is 0.479. The maximum atomic E-state index is 12.9. The van der Waals surface area contributed by atoms with Gasteiger partial charge in [-0.15, -0.1) is 0 Å². The van der Waals surface area contributed by atoms with Crippen LogP contribution in [0.3, 0.4) is 0 Å². The largest absolute Gasteiger partial charge is 0.545 e. The molecule has 0 atom stereocenters. The normalized spacial score (nSPS) is 11.3. The molecular formula is C22H17N4O4S-. The van der Waals surface area contributed by atoms with E-state index in [9.17, 15) is 18.3 Å². The van der Waals surface area contributed by atoms with Gasteiger partial charge >= 0.3 is 0 Å². The third kappa shape index (κ3) is 4.46. The van der Waals surface area contributed by atoms with E-state index in [1.165, 1.54) is 18.2 Å². The number of carbonyl (C=O) groups is 1. The predicted octanol–water partition coefficient (Wildman–Crippen LogP) is 2.85. The number of nitrogens with one attached hydrogen (secondary N) is 2. The van der Waals surface area contributed by atoms with Crippen molar-refractivity contribution in [1.82, 2.24) is 9.97 Å². The number of benzene rings is 3. The molecule has 1 heterocycles. The lowest BCUT2D eigenvalue weighted by molar-refractivity contribution is -0.255. The van der Waals surface area contributed by atoms with Crippen LogP contribution in [-0.4, -0.2) is 24.4 Å². The molecule has 0 unspecified atom stereocenters. The molecule has 0 aliphatic carbocycles. The van der Waals surface area contributed by atoms with Crippen LogP contribution >= 0.6 is 0 Å². The van der Waals surface area contributed by atoms with Crippen molar-refractivity contribution >= 4 is 44.3 Å². The number of hydrogen-bond acceptors (Lipinski definition) is 7. The highest BCUT2D eigenvalue weighted by Crippen LogP contribution is 2.27. The van der Waals surface area contributed by atoms with Gasteiger partial charge in [-0.05, 0) is 54.4 Å². The number of carboxylic acids is 1. The molecule has 0 amide bonds. The topological polar surface area (TPSA) is 124 Å². The van der Waals surface area contributed by atoms with Gasteiger partial charge in [-0.25, -0.2) is 18.4 Å². The highest BCUT2D eigenvalue weighted by Gasteiger charge is 2.19. The zero-order valence-electron chi connectivity index (χ0n) is 16.4. The summed E-state index contributed by atoms with van der Waals surface area (Å²) in [6, 6.07) is 19.4. The maximum absolute atomic E-state index is 12.9. The number of aromatic carboxylic acids is 1. The molecule has 0 aliphatic rings. The number of carboxylic acid groups (broad SMARTS) is 1. The molecule has 0 saturated heterocycles. The van der Waals surface area contributed by atoms with Gasteiger partial charge < -0.3 is 15.2 Å². The van der Waals surface area contributed by atoms with Crippen LogP contribution in [-0.2, 0) is 10.0 Å². The molecule has 3 aromatic carbocycles. The van der Waals surface area contributed by atoms with Gasteiger partial charge in [0.15, 0.2) is 11.6 Å². The fourth-order valence-corrected chi connectivity index (χ4v) is 4.10. The van der Waals surface area contributed by atoms with Crippen molar-refractivity contribution in [3.8, 4) is 0 Å². The Kier molecular flexibility index (Phi) is 5.26. The molecule has 1 aromatic heterocycles. The van der Waals surface area contributed by atoms with E-state index in [2.05, 4.69) is 20.0 Å². The predicted molar refractivity (Wildman–Crippen MR) is 116 cm³/mol. The maximum Gasteiger partial charge on any atom is 0.263 e. The summed E-state index contributed by atoms with van der Waals surface area (Å²) in [7, 11) is -3.94. The summed E-state index contributed by atoms with van der Waals surface area (Å²) in [5, 5.41) is 14.1. The monoisotopic (exact) mass is 433 g/mol. The lowest BCUT2D eigenvalue weighted by Gasteiger charge is -2.14. The molecule has 0 radical (unpaired) electrons. The average Bonchev–Trinajstić information content (AvgIpc) is 2.74. The minimum atomic E-state index is -3.94. The molecule has 156 valence electrons. The first-order chi connectivity index (χ1) is 14.8. The van der Waals surface area contributed by atoms with E-state index >= 15 is 0 Å². The summed E-state index contributed by atoms with van der Waals surface area (Å²) < 4.78 is 28.4. The molecule has 4 rings (SSSR count). The number of aryl methyl sites for hydroxylation is 1. The highest BCUT2D eigenvalue weighted by molar-refractivity contribution is 7.92. The van der Waals surface area contributed by atoms with Crippen LogP contribution in [0.5, 0.6) is 0 Å². The van der Waals surface area contributed by atoms with E-state index in [4.69, 9.17) is 0 Å². The number of fused-ring (bicyclic) bond motifs is 1. The number of sulfonamides is 1. The van der Waals surface area contributed by atoms with E-state index in [1.54, 1.807) is 61.5 Å². The van der Waals surface area contributed by atoms with Crippen molar-refractivity contribution < 1.29 is 18.3 Å². The molecule has 0 bridgehead atoms. The number of anilines is 3. The number of para-hydroxylation sites is 2. The third-order valence-corrected chi connectivity index (χ3v) is 5.80. The molecule has 31 heavy (non-hydrogen) atoms. The molecular weight excluding hydrogens is 416 g/mol. The van der Waals surface area contributed by atoms with Crippen molar-refractivity contribution in [2.24, 2.45) is 0 Å². The Labute approximate surface area is 178 Å². The number of carbonyl (C=O) groups excluding carboxylic acids is 1. The molecule has 0 fully saturated rings. The summed E-state index contributed by atoms with van der Waals surface area (Å²) >= 11 is 0. The van der Waals surface area contributed by atoms with Crippen LogP contribution in [0.1, 0.15) is 15.9 Å². The minimum absolute atomic E-state index is 0.0148. The van der Waals surface area contributed by atoms with E-state index < -0.39 is 16.0 Å². The van der Waals surface area contributed by atoms with Gasteiger partial charge in [0.05, 0.1) is 21.9 Å². The molecule has 9 heteroatoms. The Morgan fingerprint density at radius 1 is 0.871 bits per heavy atom.